The highest BCUT2D eigenvalue weighted by molar-refractivity contribution is 6.01. The van der Waals surface area contributed by atoms with Crippen LogP contribution in [0.15, 0.2) is 30.8 Å². The molecule has 0 unspecified atom stereocenters. The van der Waals surface area contributed by atoms with Crippen molar-refractivity contribution >= 4 is 27.9 Å². The third kappa shape index (κ3) is 3.71. The van der Waals surface area contributed by atoms with E-state index in [1.807, 2.05) is 6.07 Å². The van der Waals surface area contributed by atoms with Gasteiger partial charge in [-0.3, -0.25) is 0 Å². The third-order valence-corrected chi connectivity index (χ3v) is 4.60. The van der Waals surface area contributed by atoms with Crippen molar-refractivity contribution in [3.05, 3.63) is 36.5 Å². The molecule has 1 fully saturated rings. The van der Waals surface area contributed by atoms with Crippen molar-refractivity contribution in [3.8, 4) is 0 Å². The predicted molar refractivity (Wildman–Crippen MR) is 95.4 cm³/mol. The maximum atomic E-state index is 13.1. The summed E-state index contributed by atoms with van der Waals surface area (Å²) >= 11 is 0. The molecule has 7 heteroatoms. The molecule has 2 aromatic rings. The first-order valence-corrected chi connectivity index (χ1v) is 8.16. The lowest BCUT2D eigenvalue weighted by atomic mass is 10.0. The van der Waals surface area contributed by atoms with E-state index in [2.05, 4.69) is 28.8 Å². The van der Waals surface area contributed by atoms with Gasteiger partial charge in [0.15, 0.2) is 0 Å². The molecular weight excluding hydrogens is 329 g/mol. The molecule has 0 bridgehead atoms. The predicted octanol–water partition coefficient (Wildman–Crippen LogP) is 3.90. The van der Waals surface area contributed by atoms with E-state index in [1.165, 1.54) is 0 Å². The van der Waals surface area contributed by atoms with E-state index in [4.69, 9.17) is 5.73 Å². The number of halogens is 3. The lowest BCUT2D eigenvalue weighted by Crippen LogP contribution is -2.36. The van der Waals surface area contributed by atoms with Crippen molar-refractivity contribution in [2.24, 2.45) is 0 Å². The number of alkyl halides is 3. The van der Waals surface area contributed by atoms with Crippen molar-refractivity contribution in [1.29, 1.82) is 0 Å². The zero-order chi connectivity index (χ0) is 18.2. The molecule has 0 amide bonds. The number of likely N-dealkylation sites (tertiary alicyclic amines) is 1. The summed E-state index contributed by atoms with van der Waals surface area (Å²) in [6.45, 7) is 5.15. The van der Waals surface area contributed by atoms with Crippen molar-refractivity contribution in [3.63, 3.8) is 0 Å². The summed E-state index contributed by atoms with van der Waals surface area (Å²) in [4.78, 5) is 6.15. The van der Waals surface area contributed by atoms with Gasteiger partial charge in [-0.2, -0.15) is 13.2 Å². The van der Waals surface area contributed by atoms with Gasteiger partial charge in [-0.05, 0) is 45.1 Å². The highest BCUT2D eigenvalue weighted by atomic mass is 19.4. The number of hydrogen-bond acceptors (Lipinski definition) is 4. The fourth-order valence-corrected chi connectivity index (χ4v) is 3.16. The Morgan fingerprint density at radius 3 is 2.60 bits per heavy atom. The minimum Gasteiger partial charge on any atom is -0.384 e. The SMILES string of the molecule is C=C(c1nc(N)cc2c(NC3CCN(C)CC3)cccc12)C(F)(F)F. The lowest BCUT2D eigenvalue weighted by molar-refractivity contribution is -0.0687. The summed E-state index contributed by atoms with van der Waals surface area (Å²) in [7, 11) is 2.08. The first-order valence-electron chi connectivity index (χ1n) is 8.16. The monoisotopic (exact) mass is 350 g/mol. The Kier molecular flexibility index (Phi) is 4.60. The minimum atomic E-state index is -4.55. The first kappa shape index (κ1) is 17.5. The average Bonchev–Trinajstić information content (AvgIpc) is 2.55. The van der Waals surface area contributed by atoms with E-state index in [1.54, 1.807) is 18.2 Å². The molecule has 1 aliphatic heterocycles. The summed E-state index contributed by atoms with van der Waals surface area (Å²) in [6, 6.07) is 7.10. The zero-order valence-corrected chi connectivity index (χ0v) is 14.0. The second kappa shape index (κ2) is 6.55. The molecule has 0 radical (unpaired) electrons. The number of rotatable bonds is 3. The Balaban J connectivity index is 2.01. The number of nitrogens with zero attached hydrogens (tertiary/aromatic N) is 2. The number of fused-ring (bicyclic) bond motifs is 1. The standard InChI is InChI=1S/C18H21F3N4/c1-11(18(19,20)21)17-13-4-3-5-15(14(13)10-16(22)24-17)23-12-6-8-25(2)9-7-12/h3-5,10,12,23H,1,6-9H2,2H3,(H2,22,24). The summed E-state index contributed by atoms with van der Waals surface area (Å²) < 4.78 is 39.3. The number of piperidine rings is 1. The molecule has 2 heterocycles. The summed E-state index contributed by atoms with van der Waals surface area (Å²) in [5, 5.41) is 4.49. The summed E-state index contributed by atoms with van der Waals surface area (Å²) in [6.07, 6.45) is -2.59. The Morgan fingerprint density at radius 2 is 1.96 bits per heavy atom. The molecule has 3 rings (SSSR count). The fraction of sp³-hybridized carbons (Fsp3) is 0.389. The molecule has 4 nitrogen and oxygen atoms in total. The van der Waals surface area contributed by atoms with Crippen LogP contribution in [0.2, 0.25) is 0 Å². The number of allylic oxidation sites excluding steroid dienone is 1. The molecule has 1 aromatic heterocycles. The molecular formula is C18H21F3N4. The van der Waals surface area contributed by atoms with Gasteiger partial charge in [0.1, 0.15) is 5.82 Å². The largest absolute Gasteiger partial charge is 0.417 e. The smallest absolute Gasteiger partial charge is 0.384 e. The number of pyridine rings is 1. The molecule has 1 aromatic carbocycles. The van der Waals surface area contributed by atoms with Gasteiger partial charge in [0.05, 0.1) is 11.3 Å². The number of benzene rings is 1. The van der Waals surface area contributed by atoms with E-state index < -0.39 is 11.7 Å². The molecule has 0 saturated carbocycles. The molecule has 0 atom stereocenters. The topological polar surface area (TPSA) is 54.2 Å². The van der Waals surface area contributed by atoms with Gasteiger partial charge in [-0.15, -0.1) is 0 Å². The van der Waals surface area contributed by atoms with Crippen molar-refractivity contribution < 1.29 is 13.2 Å². The lowest BCUT2D eigenvalue weighted by Gasteiger charge is -2.30. The van der Waals surface area contributed by atoms with Crippen LogP contribution in [0.5, 0.6) is 0 Å². The number of nitrogens with one attached hydrogen (secondary N) is 1. The van der Waals surface area contributed by atoms with Gasteiger partial charge in [0.25, 0.3) is 0 Å². The van der Waals surface area contributed by atoms with Gasteiger partial charge in [0, 0.05) is 22.5 Å². The second-order valence-corrected chi connectivity index (χ2v) is 6.49. The molecule has 0 aliphatic carbocycles. The molecule has 25 heavy (non-hydrogen) atoms. The third-order valence-electron chi connectivity index (χ3n) is 4.60. The van der Waals surface area contributed by atoms with Gasteiger partial charge in [-0.25, -0.2) is 4.98 Å². The van der Waals surface area contributed by atoms with Crippen LogP contribution in [0.4, 0.5) is 24.7 Å². The molecule has 1 aliphatic rings. The van der Waals surface area contributed by atoms with Crippen LogP contribution in [0.3, 0.4) is 0 Å². The Bertz CT molecular complexity index is 793. The van der Waals surface area contributed by atoms with Crippen molar-refractivity contribution in [1.82, 2.24) is 9.88 Å². The first-order chi connectivity index (χ1) is 11.8. The van der Waals surface area contributed by atoms with Crippen LogP contribution >= 0.6 is 0 Å². The van der Waals surface area contributed by atoms with Crippen LogP contribution in [-0.2, 0) is 0 Å². The van der Waals surface area contributed by atoms with Crippen molar-refractivity contribution in [2.75, 3.05) is 31.2 Å². The highest BCUT2D eigenvalue weighted by Crippen LogP contribution is 2.37. The maximum absolute atomic E-state index is 13.1. The van der Waals surface area contributed by atoms with E-state index in [9.17, 15) is 13.2 Å². The quantitative estimate of drug-likeness (QED) is 0.882. The number of aromatic nitrogens is 1. The second-order valence-electron chi connectivity index (χ2n) is 6.49. The fourth-order valence-electron chi connectivity index (χ4n) is 3.16. The Morgan fingerprint density at radius 1 is 1.28 bits per heavy atom. The van der Waals surface area contributed by atoms with E-state index in [-0.39, 0.29) is 17.6 Å². The van der Waals surface area contributed by atoms with Gasteiger partial charge < -0.3 is 16.0 Å². The molecule has 3 N–H and O–H groups in total. The zero-order valence-electron chi connectivity index (χ0n) is 14.0. The Hall–Kier alpha value is -2.28. The van der Waals surface area contributed by atoms with Crippen LogP contribution in [0, 0.1) is 0 Å². The minimum absolute atomic E-state index is 0.0468. The van der Waals surface area contributed by atoms with Crippen LogP contribution in [0.25, 0.3) is 16.3 Å². The summed E-state index contributed by atoms with van der Waals surface area (Å²) in [5.74, 6) is 0.0468. The van der Waals surface area contributed by atoms with E-state index in [0.717, 1.165) is 31.6 Å². The Labute approximate surface area is 144 Å². The molecule has 134 valence electrons. The number of nitrogens with two attached hydrogens (primary N) is 1. The van der Waals surface area contributed by atoms with Crippen LogP contribution in [0.1, 0.15) is 18.5 Å². The number of nitrogen functional groups attached to an aromatic ring is 1. The molecule has 1 saturated heterocycles. The normalized spacial score (nSPS) is 17.0. The van der Waals surface area contributed by atoms with Crippen molar-refractivity contribution in [2.45, 2.75) is 25.1 Å². The number of anilines is 2. The van der Waals surface area contributed by atoms with Crippen LogP contribution < -0.4 is 11.1 Å². The highest BCUT2D eigenvalue weighted by Gasteiger charge is 2.35. The van der Waals surface area contributed by atoms with Crippen LogP contribution in [-0.4, -0.2) is 42.2 Å². The maximum Gasteiger partial charge on any atom is 0.417 e. The van der Waals surface area contributed by atoms with E-state index >= 15 is 0 Å². The number of hydrogen-bond donors (Lipinski definition) is 2. The molecule has 0 spiro atoms. The van der Waals surface area contributed by atoms with E-state index in [0.29, 0.717) is 10.8 Å². The van der Waals surface area contributed by atoms with Gasteiger partial charge in [0.2, 0.25) is 0 Å². The van der Waals surface area contributed by atoms with Gasteiger partial charge >= 0.3 is 6.18 Å². The average molecular weight is 350 g/mol. The summed E-state index contributed by atoms with van der Waals surface area (Å²) in [5.41, 5.74) is 5.35. The van der Waals surface area contributed by atoms with Gasteiger partial charge in [-0.1, -0.05) is 18.7 Å².